The summed E-state index contributed by atoms with van der Waals surface area (Å²) in [5.74, 6) is 6.40. The van der Waals surface area contributed by atoms with E-state index in [2.05, 4.69) is 33.7 Å². The molecule has 1 N–H and O–H groups in total. The van der Waals surface area contributed by atoms with Gasteiger partial charge in [-0.25, -0.2) is 0 Å². The molecule has 0 bridgehead atoms. The minimum absolute atomic E-state index is 0.0638. The molecule has 7 heteroatoms. The van der Waals surface area contributed by atoms with Gasteiger partial charge in [-0.1, -0.05) is 11.6 Å². The zero-order valence-corrected chi connectivity index (χ0v) is 18.3. The molecular formula is C20H29ClN2O2S2. The van der Waals surface area contributed by atoms with E-state index in [9.17, 15) is 4.79 Å². The van der Waals surface area contributed by atoms with Crippen molar-refractivity contribution in [3.63, 3.8) is 0 Å². The maximum atomic E-state index is 12.3. The fourth-order valence-corrected chi connectivity index (χ4v) is 6.67. The minimum atomic E-state index is 0.0638. The molecule has 2 aliphatic heterocycles. The molecule has 0 spiro atoms. The highest BCUT2D eigenvalue weighted by atomic mass is 35.5. The smallest absolute Gasteiger partial charge is 0.224 e. The van der Waals surface area contributed by atoms with Crippen molar-refractivity contribution in [3.05, 3.63) is 23.2 Å². The lowest BCUT2D eigenvalue weighted by Crippen LogP contribution is -2.45. The largest absolute Gasteiger partial charge is 0.495 e. The van der Waals surface area contributed by atoms with Crippen molar-refractivity contribution in [2.45, 2.75) is 31.7 Å². The van der Waals surface area contributed by atoms with Gasteiger partial charge in [0.25, 0.3) is 0 Å². The molecule has 2 saturated heterocycles. The van der Waals surface area contributed by atoms with Gasteiger partial charge in [0.15, 0.2) is 0 Å². The van der Waals surface area contributed by atoms with E-state index in [1.165, 1.54) is 42.4 Å². The van der Waals surface area contributed by atoms with Crippen molar-refractivity contribution in [2.75, 3.05) is 48.5 Å². The molecule has 4 nitrogen and oxygen atoms in total. The molecule has 0 aromatic heterocycles. The van der Waals surface area contributed by atoms with Gasteiger partial charge in [0, 0.05) is 47.7 Å². The van der Waals surface area contributed by atoms with Crippen LogP contribution in [0.3, 0.4) is 0 Å². The lowest BCUT2D eigenvalue weighted by molar-refractivity contribution is -0.116. The fraction of sp³-hybridized carbons (Fsp3) is 0.650. The molecule has 0 unspecified atom stereocenters. The first kappa shape index (κ1) is 21.2. The number of benzene rings is 1. The predicted octanol–water partition coefficient (Wildman–Crippen LogP) is 4.63. The van der Waals surface area contributed by atoms with E-state index < -0.39 is 0 Å². The number of halogens is 1. The number of amides is 1. The Kier molecular flexibility index (Phi) is 8.49. The number of carbonyl (C=O) groups is 1. The summed E-state index contributed by atoms with van der Waals surface area (Å²) in [5, 5.41) is 3.47. The first-order valence-electron chi connectivity index (χ1n) is 9.68. The van der Waals surface area contributed by atoms with Crippen molar-refractivity contribution < 1.29 is 9.53 Å². The third-order valence-corrected chi connectivity index (χ3v) is 8.05. The number of hydrogen-bond acceptors (Lipinski definition) is 5. The number of anilines is 1. The number of carbonyl (C=O) groups excluding carboxylic acids is 1. The van der Waals surface area contributed by atoms with Crippen molar-refractivity contribution in [1.82, 2.24) is 4.90 Å². The maximum Gasteiger partial charge on any atom is 0.224 e. The monoisotopic (exact) mass is 428 g/mol. The van der Waals surface area contributed by atoms with E-state index in [0.29, 0.717) is 29.2 Å². The number of thioether (sulfide) groups is 2. The van der Waals surface area contributed by atoms with Gasteiger partial charge < -0.3 is 10.1 Å². The van der Waals surface area contributed by atoms with Gasteiger partial charge in [-0.3, -0.25) is 9.69 Å². The Morgan fingerprint density at radius 1 is 1.33 bits per heavy atom. The van der Waals surface area contributed by atoms with Crippen LogP contribution in [0, 0.1) is 5.92 Å². The van der Waals surface area contributed by atoms with Gasteiger partial charge in [0.1, 0.15) is 5.75 Å². The maximum absolute atomic E-state index is 12.3. The van der Waals surface area contributed by atoms with E-state index in [-0.39, 0.29) is 5.91 Å². The Morgan fingerprint density at radius 3 is 2.81 bits per heavy atom. The topological polar surface area (TPSA) is 41.6 Å². The summed E-state index contributed by atoms with van der Waals surface area (Å²) in [5.41, 5.74) is 0.726. The number of rotatable bonds is 6. The number of piperidine rings is 1. The standard InChI is InChI=1S/C20H29ClN2O2S2/c1-25-19-6-5-16(11-18(19)21)22-20(24)7-4-15-3-2-8-23(12-15)17-13-26-9-10-27-14-17/h5-6,11,15,17H,2-4,7-10,12-14H2,1H3,(H,22,24)/t15-/m1/s1. The molecule has 3 rings (SSSR count). The van der Waals surface area contributed by atoms with Crippen LogP contribution in [0.25, 0.3) is 0 Å². The van der Waals surface area contributed by atoms with Crippen LogP contribution < -0.4 is 10.1 Å². The highest BCUT2D eigenvalue weighted by Crippen LogP contribution is 2.29. The number of methoxy groups -OCH3 is 1. The first-order chi connectivity index (χ1) is 13.2. The summed E-state index contributed by atoms with van der Waals surface area (Å²) in [6.07, 6.45) is 4.02. The molecule has 2 heterocycles. The molecule has 1 atom stereocenters. The predicted molar refractivity (Wildman–Crippen MR) is 119 cm³/mol. The number of nitrogens with zero attached hydrogens (tertiary/aromatic N) is 1. The summed E-state index contributed by atoms with van der Waals surface area (Å²) >= 11 is 10.3. The van der Waals surface area contributed by atoms with Gasteiger partial charge in [-0.05, 0) is 49.9 Å². The molecule has 1 aromatic rings. The van der Waals surface area contributed by atoms with Crippen LogP contribution in [0.5, 0.6) is 5.75 Å². The molecule has 0 aliphatic carbocycles. The van der Waals surface area contributed by atoms with E-state index >= 15 is 0 Å². The third-order valence-electron chi connectivity index (χ3n) is 5.27. The molecule has 2 fully saturated rings. The van der Waals surface area contributed by atoms with E-state index in [4.69, 9.17) is 16.3 Å². The molecule has 27 heavy (non-hydrogen) atoms. The van der Waals surface area contributed by atoms with Gasteiger partial charge in [0.2, 0.25) is 5.91 Å². The van der Waals surface area contributed by atoms with Gasteiger partial charge >= 0.3 is 0 Å². The number of hydrogen-bond donors (Lipinski definition) is 1. The SMILES string of the molecule is COc1ccc(NC(=O)CC[C@H]2CCCN(C3CSCCSC3)C2)cc1Cl. The van der Waals surface area contributed by atoms with Gasteiger partial charge in [0.05, 0.1) is 12.1 Å². The molecule has 0 radical (unpaired) electrons. The molecule has 0 saturated carbocycles. The van der Waals surface area contributed by atoms with E-state index in [0.717, 1.165) is 18.7 Å². The van der Waals surface area contributed by atoms with Gasteiger partial charge in [-0.15, -0.1) is 0 Å². The van der Waals surface area contributed by atoms with Crippen LogP contribution >= 0.6 is 35.1 Å². The highest BCUT2D eigenvalue weighted by molar-refractivity contribution is 8.03. The second-order valence-electron chi connectivity index (χ2n) is 7.24. The van der Waals surface area contributed by atoms with Crippen molar-refractivity contribution >= 4 is 46.7 Å². The summed E-state index contributed by atoms with van der Waals surface area (Å²) < 4.78 is 5.15. The molecular weight excluding hydrogens is 400 g/mol. The second-order valence-corrected chi connectivity index (χ2v) is 9.95. The lowest BCUT2D eigenvalue weighted by atomic mass is 9.92. The quantitative estimate of drug-likeness (QED) is 0.715. The molecule has 1 amide bonds. The van der Waals surface area contributed by atoms with Crippen LogP contribution in [0.4, 0.5) is 5.69 Å². The molecule has 150 valence electrons. The van der Waals surface area contributed by atoms with Crippen molar-refractivity contribution in [2.24, 2.45) is 5.92 Å². The first-order valence-corrected chi connectivity index (χ1v) is 12.4. The summed E-state index contributed by atoms with van der Waals surface area (Å²) in [7, 11) is 1.58. The lowest BCUT2D eigenvalue weighted by Gasteiger charge is -2.37. The van der Waals surface area contributed by atoms with Crippen molar-refractivity contribution in [1.29, 1.82) is 0 Å². The van der Waals surface area contributed by atoms with Crippen LogP contribution in [-0.4, -0.2) is 60.1 Å². The van der Waals surface area contributed by atoms with Crippen LogP contribution in [0.15, 0.2) is 18.2 Å². The average Bonchev–Trinajstić information content (AvgIpc) is 2.96. The minimum Gasteiger partial charge on any atom is -0.495 e. The average molecular weight is 429 g/mol. The molecule has 2 aliphatic rings. The van der Waals surface area contributed by atoms with Crippen molar-refractivity contribution in [3.8, 4) is 5.75 Å². The van der Waals surface area contributed by atoms with E-state index in [1.807, 2.05) is 6.07 Å². The van der Waals surface area contributed by atoms with Crippen LogP contribution in [0.2, 0.25) is 5.02 Å². The third kappa shape index (κ3) is 6.48. The summed E-state index contributed by atoms with van der Waals surface area (Å²) in [4.78, 5) is 15.0. The summed E-state index contributed by atoms with van der Waals surface area (Å²) in [6, 6.07) is 6.05. The normalized spacial score (nSPS) is 22.2. The van der Waals surface area contributed by atoms with Crippen LogP contribution in [0.1, 0.15) is 25.7 Å². The Labute approximate surface area is 176 Å². The number of ether oxygens (including phenoxy) is 1. The highest BCUT2D eigenvalue weighted by Gasteiger charge is 2.27. The van der Waals surface area contributed by atoms with Crippen LogP contribution in [-0.2, 0) is 4.79 Å². The second kappa shape index (κ2) is 10.8. The zero-order chi connectivity index (χ0) is 19.1. The molecule has 1 aromatic carbocycles. The Balaban J connectivity index is 1.44. The van der Waals surface area contributed by atoms with E-state index in [1.54, 1.807) is 19.2 Å². The zero-order valence-electron chi connectivity index (χ0n) is 15.9. The number of nitrogens with one attached hydrogen (secondary N) is 1. The summed E-state index contributed by atoms with van der Waals surface area (Å²) in [6.45, 7) is 2.37. The Morgan fingerprint density at radius 2 is 2.11 bits per heavy atom. The fourth-order valence-electron chi connectivity index (χ4n) is 3.78. The van der Waals surface area contributed by atoms with Gasteiger partial charge in [-0.2, -0.15) is 23.5 Å². The number of likely N-dealkylation sites (tertiary alicyclic amines) is 1. The Hall–Kier alpha value is -0.560. The Bertz CT molecular complexity index is 624.